The molecule has 2 heterocycles. The maximum absolute atomic E-state index is 12.0. The molecule has 1 N–H and O–H groups in total. The van der Waals surface area contributed by atoms with E-state index >= 15 is 0 Å². The number of nitrogens with zero attached hydrogens (tertiary/aromatic N) is 4. The molecule has 0 saturated heterocycles. The van der Waals surface area contributed by atoms with E-state index in [4.69, 9.17) is 32.7 Å². The predicted octanol–water partition coefficient (Wildman–Crippen LogP) is 4.59. The highest BCUT2D eigenvalue weighted by Crippen LogP contribution is 2.24. The van der Waals surface area contributed by atoms with E-state index in [0.29, 0.717) is 28.2 Å². The molecule has 1 unspecified atom stereocenters. The number of aliphatic hydroxyl groups is 1. The van der Waals surface area contributed by atoms with Crippen LogP contribution in [0.25, 0.3) is 0 Å². The minimum atomic E-state index is -0.789. The number of rotatable bonds is 6. The van der Waals surface area contributed by atoms with Crippen molar-refractivity contribution >= 4 is 29.0 Å². The van der Waals surface area contributed by atoms with Crippen LogP contribution in [0.3, 0.4) is 0 Å². The largest absolute Gasteiger partial charge is 0.497 e. The zero-order valence-electron chi connectivity index (χ0n) is 18.2. The summed E-state index contributed by atoms with van der Waals surface area (Å²) in [6, 6.07) is 14.1. The van der Waals surface area contributed by atoms with Gasteiger partial charge in [0.1, 0.15) is 17.6 Å². The number of carbonyl (C=O) groups is 1. The molecule has 34 heavy (non-hydrogen) atoms. The van der Waals surface area contributed by atoms with Gasteiger partial charge in [-0.2, -0.15) is 0 Å². The third-order valence-electron chi connectivity index (χ3n) is 4.58. The molecule has 10 heteroatoms. The zero-order valence-corrected chi connectivity index (χ0v) is 19.7. The van der Waals surface area contributed by atoms with Crippen LogP contribution in [0.15, 0.2) is 73.3 Å². The molecule has 0 fully saturated rings. The van der Waals surface area contributed by atoms with Crippen molar-refractivity contribution in [1.29, 1.82) is 0 Å². The van der Waals surface area contributed by atoms with Crippen molar-refractivity contribution in [2.45, 2.75) is 6.10 Å². The lowest BCUT2D eigenvalue weighted by Gasteiger charge is -2.11. The first-order valence-corrected chi connectivity index (χ1v) is 10.6. The fraction of sp³-hybridized carbons (Fsp3) is 0.125. The minimum Gasteiger partial charge on any atom is -0.497 e. The molecule has 0 radical (unpaired) electrons. The summed E-state index contributed by atoms with van der Waals surface area (Å²) in [6.07, 6.45) is 5.01. The van der Waals surface area contributed by atoms with Crippen LogP contribution in [-0.2, 0) is 0 Å². The number of aliphatic hydroxyl groups excluding tert-OH is 1. The number of ketones is 1. The highest BCUT2D eigenvalue weighted by atomic mass is 35.5. The van der Waals surface area contributed by atoms with Gasteiger partial charge in [0.2, 0.25) is 10.6 Å². The Morgan fingerprint density at radius 2 is 1.29 bits per heavy atom. The smallest absolute Gasteiger partial charge is 0.222 e. The van der Waals surface area contributed by atoms with Crippen LogP contribution in [0.2, 0.25) is 10.6 Å². The van der Waals surface area contributed by atoms with Crippen LogP contribution in [0.1, 0.15) is 33.2 Å². The maximum atomic E-state index is 12.0. The summed E-state index contributed by atoms with van der Waals surface area (Å²) in [5.74, 6) is 1.16. The molecule has 0 aliphatic heterocycles. The maximum Gasteiger partial charge on any atom is 0.222 e. The molecule has 4 rings (SSSR count). The number of ether oxygens (including phenoxy) is 2. The number of halogens is 2. The molecule has 0 aliphatic rings. The molecule has 4 aromatic rings. The summed E-state index contributed by atoms with van der Waals surface area (Å²) in [7, 11) is 3.13. The van der Waals surface area contributed by atoms with E-state index in [0.717, 1.165) is 5.56 Å². The van der Waals surface area contributed by atoms with Crippen LogP contribution in [0, 0.1) is 0 Å². The summed E-state index contributed by atoms with van der Waals surface area (Å²) in [4.78, 5) is 27.3. The quantitative estimate of drug-likeness (QED) is 0.303. The van der Waals surface area contributed by atoms with Crippen molar-refractivity contribution in [3.8, 4) is 11.5 Å². The Balaban J connectivity index is 0.000000191. The monoisotopic (exact) mass is 498 g/mol. The fourth-order valence-corrected chi connectivity index (χ4v) is 3.02. The average Bonchev–Trinajstić information content (AvgIpc) is 2.89. The Morgan fingerprint density at radius 1 is 0.765 bits per heavy atom. The molecule has 8 nitrogen and oxygen atoms in total. The highest BCUT2D eigenvalue weighted by molar-refractivity contribution is 6.28. The van der Waals surface area contributed by atoms with Gasteiger partial charge < -0.3 is 14.6 Å². The van der Waals surface area contributed by atoms with Gasteiger partial charge in [-0.05, 0) is 53.0 Å². The van der Waals surface area contributed by atoms with Crippen LogP contribution < -0.4 is 9.47 Å². The topological polar surface area (TPSA) is 107 Å². The Bertz CT molecular complexity index is 1240. The van der Waals surface area contributed by atoms with Crippen molar-refractivity contribution in [3.05, 3.63) is 106 Å². The van der Waals surface area contributed by atoms with E-state index in [1.165, 1.54) is 24.8 Å². The Hall–Kier alpha value is -3.59. The molecule has 174 valence electrons. The van der Waals surface area contributed by atoms with Crippen LogP contribution >= 0.6 is 23.2 Å². The van der Waals surface area contributed by atoms with Gasteiger partial charge in [0.25, 0.3) is 0 Å². The number of hydrogen-bond acceptors (Lipinski definition) is 8. The second-order valence-electron chi connectivity index (χ2n) is 6.77. The Morgan fingerprint density at radius 3 is 1.88 bits per heavy atom. The summed E-state index contributed by atoms with van der Waals surface area (Å²) >= 11 is 11.1. The van der Waals surface area contributed by atoms with E-state index in [1.807, 2.05) is 18.2 Å². The average molecular weight is 499 g/mol. The molecule has 2 aromatic heterocycles. The van der Waals surface area contributed by atoms with E-state index in [9.17, 15) is 9.90 Å². The second kappa shape index (κ2) is 12.0. The van der Waals surface area contributed by atoms with Gasteiger partial charge in [-0.1, -0.05) is 24.3 Å². The lowest BCUT2D eigenvalue weighted by molar-refractivity contribution is 0.103. The normalized spacial score (nSPS) is 11.1. The van der Waals surface area contributed by atoms with Crippen molar-refractivity contribution < 1.29 is 19.4 Å². The summed E-state index contributed by atoms with van der Waals surface area (Å²) in [6.45, 7) is 0. The van der Waals surface area contributed by atoms with E-state index in [-0.39, 0.29) is 16.4 Å². The summed E-state index contributed by atoms with van der Waals surface area (Å²) in [5.41, 5.74) is 2.22. The van der Waals surface area contributed by atoms with E-state index < -0.39 is 6.10 Å². The van der Waals surface area contributed by atoms with Gasteiger partial charge in [-0.3, -0.25) is 4.79 Å². The van der Waals surface area contributed by atoms with Crippen molar-refractivity contribution in [2.24, 2.45) is 0 Å². The first-order chi connectivity index (χ1) is 16.4. The first-order valence-electron chi connectivity index (χ1n) is 9.87. The van der Waals surface area contributed by atoms with Crippen molar-refractivity contribution in [2.75, 3.05) is 14.2 Å². The standard InChI is InChI=1S/C12H11ClN2O2.C12H9ClN2O2/c2*1-17-10-4-2-3-8(5-10)11(16)9-6-14-12(13)15-7-9/h2-7,11,16H,1H3;2-7H,1H3. The lowest BCUT2D eigenvalue weighted by Crippen LogP contribution is -2.03. The molecule has 1 atom stereocenters. The van der Waals surface area contributed by atoms with Gasteiger partial charge in [-0.25, -0.2) is 19.9 Å². The molecular weight excluding hydrogens is 479 g/mol. The van der Waals surface area contributed by atoms with Gasteiger partial charge >= 0.3 is 0 Å². The third kappa shape index (κ3) is 6.71. The summed E-state index contributed by atoms with van der Waals surface area (Å²) in [5, 5.41) is 10.4. The van der Waals surface area contributed by atoms with Crippen molar-refractivity contribution in [1.82, 2.24) is 19.9 Å². The molecule has 2 aromatic carbocycles. The van der Waals surface area contributed by atoms with Crippen LogP contribution in [-0.4, -0.2) is 45.0 Å². The number of methoxy groups -OCH3 is 2. The van der Waals surface area contributed by atoms with Crippen LogP contribution in [0.4, 0.5) is 0 Å². The molecule has 0 aliphatic carbocycles. The van der Waals surface area contributed by atoms with Gasteiger partial charge in [0.15, 0.2) is 5.78 Å². The highest BCUT2D eigenvalue weighted by Gasteiger charge is 2.12. The molecular formula is C24H20Cl2N4O4. The Labute approximate surface area is 206 Å². The second-order valence-corrected chi connectivity index (χ2v) is 7.44. The van der Waals surface area contributed by atoms with Crippen LogP contribution in [0.5, 0.6) is 11.5 Å². The van der Waals surface area contributed by atoms with E-state index in [1.54, 1.807) is 44.6 Å². The predicted molar refractivity (Wildman–Crippen MR) is 128 cm³/mol. The number of aromatic nitrogens is 4. The first kappa shape index (κ1) is 25.0. The molecule has 0 spiro atoms. The SMILES string of the molecule is COc1cccc(C(=O)c2cnc(Cl)nc2)c1.COc1cccc(C(O)c2cnc(Cl)nc2)c1. The summed E-state index contributed by atoms with van der Waals surface area (Å²) < 4.78 is 10.2. The number of benzene rings is 2. The lowest BCUT2D eigenvalue weighted by atomic mass is 10.0. The molecule has 0 amide bonds. The van der Waals surface area contributed by atoms with Gasteiger partial charge in [-0.15, -0.1) is 0 Å². The molecule has 0 bridgehead atoms. The Kier molecular flexibility index (Phi) is 8.86. The number of carbonyl (C=O) groups excluding carboxylic acids is 1. The number of hydrogen-bond donors (Lipinski definition) is 1. The van der Waals surface area contributed by atoms with E-state index in [2.05, 4.69) is 19.9 Å². The fourth-order valence-electron chi connectivity index (χ4n) is 2.83. The van der Waals surface area contributed by atoms with Gasteiger partial charge in [0.05, 0.1) is 19.8 Å². The third-order valence-corrected chi connectivity index (χ3v) is 4.97. The zero-order chi connectivity index (χ0) is 24.5. The van der Waals surface area contributed by atoms with Crippen molar-refractivity contribution in [3.63, 3.8) is 0 Å². The minimum absolute atomic E-state index is 0.118. The molecule has 0 saturated carbocycles. The van der Waals surface area contributed by atoms with Gasteiger partial charge in [0, 0.05) is 35.9 Å².